The lowest BCUT2D eigenvalue weighted by molar-refractivity contribution is 0.450. The van der Waals surface area contributed by atoms with Crippen molar-refractivity contribution in [2.75, 3.05) is 11.4 Å². The topological polar surface area (TPSA) is 3.24 Å². The van der Waals surface area contributed by atoms with Gasteiger partial charge in [-0.1, -0.05) is 13.0 Å². The zero-order valence-corrected chi connectivity index (χ0v) is 11.6. The molecule has 1 aromatic carbocycles. The van der Waals surface area contributed by atoms with Crippen LogP contribution < -0.4 is 4.90 Å². The Morgan fingerprint density at radius 2 is 2.18 bits per heavy atom. The summed E-state index contributed by atoms with van der Waals surface area (Å²) < 4.78 is 0. The molecule has 0 bridgehead atoms. The molecule has 0 aromatic heterocycles. The van der Waals surface area contributed by atoms with Gasteiger partial charge in [-0.25, -0.2) is 0 Å². The molecule has 1 nitrogen and oxygen atoms in total. The molecular weight excluding hydrogens is 230 g/mol. The highest BCUT2D eigenvalue weighted by atomic mass is 35.5. The van der Waals surface area contributed by atoms with E-state index >= 15 is 0 Å². The molecule has 1 unspecified atom stereocenters. The van der Waals surface area contributed by atoms with Gasteiger partial charge < -0.3 is 4.90 Å². The maximum atomic E-state index is 5.91. The number of aryl methyl sites for hydroxylation is 1. The second-order valence-corrected chi connectivity index (χ2v) is 5.26. The van der Waals surface area contributed by atoms with Crippen molar-refractivity contribution in [2.45, 2.75) is 51.5 Å². The van der Waals surface area contributed by atoms with Crippen molar-refractivity contribution in [3.63, 3.8) is 0 Å². The Balaban J connectivity index is 2.23. The molecule has 0 radical (unpaired) electrons. The van der Waals surface area contributed by atoms with Crippen molar-refractivity contribution in [3.05, 3.63) is 29.3 Å². The van der Waals surface area contributed by atoms with Gasteiger partial charge in [0.1, 0.15) is 0 Å². The molecule has 1 atom stereocenters. The van der Waals surface area contributed by atoms with Gasteiger partial charge in [-0.15, -0.1) is 11.6 Å². The Bertz CT molecular complexity index is 375. The van der Waals surface area contributed by atoms with Gasteiger partial charge in [0.15, 0.2) is 0 Å². The van der Waals surface area contributed by atoms with Crippen LogP contribution >= 0.6 is 11.6 Å². The molecule has 1 aliphatic rings. The molecule has 0 spiro atoms. The van der Waals surface area contributed by atoms with Crippen molar-refractivity contribution in [3.8, 4) is 0 Å². The quantitative estimate of drug-likeness (QED) is 0.715. The van der Waals surface area contributed by atoms with Crippen LogP contribution in [0.25, 0.3) is 0 Å². The summed E-state index contributed by atoms with van der Waals surface area (Å²) in [5, 5.41) is 0. The first-order valence-electron chi connectivity index (χ1n) is 6.68. The van der Waals surface area contributed by atoms with E-state index in [1.807, 2.05) is 0 Å². The summed E-state index contributed by atoms with van der Waals surface area (Å²) in [6, 6.07) is 7.44. The number of rotatable bonds is 3. The Hall–Kier alpha value is -0.690. The molecule has 0 N–H and O–H groups in total. The standard InChI is InChI=1S/C15H22ClN/c1-3-14-6-4-5-9-17(14)15-8-7-13(11-16)12(2)10-15/h7-8,10,14H,3-6,9,11H2,1-2H3. The van der Waals surface area contributed by atoms with Crippen LogP contribution in [-0.4, -0.2) is 12.6 Å². The first-order valence-corrected chi connectivity index (χ1v) is 7.22. The number of nitrogens with zero attached hydrogens (tertiary/aromatic N) is 1. The van der Waals surface area contributed by atoms with Crippen LogP contribution in [-0.2, 0) is 5.88 Å². The van der Waals surface area contributed by atoms with E-state index in [4.69, 9.17) is 11.6 Å². The second kappa shape index (κ2) is 5.77. The predicted octanol–water partition coefficient (Wildman–Crippen LogP) is 4.50. The second-order valence-electron chi connectivity index (χ2n) is 5.00. The van der Waals surface area contributed by atoms with Gasteiger partial charge >= 0.3 is 0 Å². The van der Waals surface area contributed by atoms with Gasteiger partial charge in [-0.3, -0.25) is 0 Å². The highest BCUT2D eigenvalue weighted by molar-refractivity contribution is 6.17. The maximum Gasteiger partial charge on any atom is 0.0476 e. The SMILES string of the molecule is CCC1CCCCN1c1ccc(CCl)c(C)c1. The largest absolute Gasteiger partial charge is 0.369 e. The maximum absolute atomic E-state index is 5.91. The fraction of sp³-hybridized carbons (Fsp3) is 0.600. The molecule has 1 saturated heterocycles. The first-order chi connectivity index (χ1) is 8.26. The summed E-state index contributed by atoms with van der Waals surface area (Å²) in [7, 11) is 0. The zero-order valence-electron chi connectivity index (χ0n) is 10.9. The fourth-order valence-corrected chi connectivity index (χ4v) is 3.07. The van der Waals surface area contributed by atoms with E-state index in [9.17, 15) is 0 Å². The summed E-state index contributed by atoms with van der Waals surface area (Å²) in [5.74, 6) is 0.614. The van der Waals surface area contributed by atoms with Gasteiger partial charge in [-0.05, 0) is 55.9 Å². The lowest BCUT2D eigenvalue weighted by atomic mass is 9.98. The normalized spacial score (nSPS) is 20.6. The highest BCUT2D eigenvalue weighted by Crippen LogP contribution is 2.28. The third-order valence-corrected chi connectivity index (χ3v) is 4.19. The van der Waals surface area contributed by atoms with Crippen LogP contribution in [0.4, 0.5) is 5.69 Å². The number of anilines is 1. The minimum absolute atomic E-state index is 0.614. The number of alkyl halides is 1. The molecular formula is C15H22ClN. The van der Waals surface area contributed by atoms with Gasteiger partial charge in [0.05, 0.1) is 0 Å². The van der Waals surface area contributed by atoms with Crippen LogP contribution in [0.1, 0.15) is 43.7 Å². The Labute approximate surface area is 110 Å². The Morgan fingerprint density at radius 1 is 1.35 bits per heavy atom. The third kappa shape index (κ3) is 2.77. The molecule has 94 valence electrons. The summed E-state index contributed by atoms with van der Waals surface area (Å²) in [5.41, 5.74) is 3.95. The summed E-state index contributed by atoms with van der Waals surface area (Å²) in [6.07, 6.45) is 5.30. The van der Waals surface area contributed by atoms with E-state index in [1.54, 1.807) is 0 Å². The molecule has 1 heterocycles. The van der Waals surface area contributed by atoms with Crippen molar-refractivity contribution in [1.82, 2.24) is 0 Å². The van der Waals surface area contributed by atoms with E-state index in [-0.39, 0.29) is 0 Å². The number of hydrogen-bond acceptors (Lipinski definition) is 1. The molecule has 17 heavy (non-hydrogen) atoms. The lowest BCUT2D eigenvalue weighted by Gasteiger charge is -2.37. The smallest absolute Gasteiger partial charge is 0.0476 e. The zero-order chi connectivity index (χ0) is 12.3. The molecule has 0 aliphatic carbocycles. The number of hydrogen-bond donors (Lipinski definition) is 0. The van der Waals surface area contributed by atoms with Crippen molar-refractivity contribution in [1.29, 1.82) is 0 Å². The number of piperidine rings is 1. The lowest BCUT2D eigenvalue weighted by Crippen LogP contribution is -2.39. The minimum atomic E-state index is 0.614. The van der Waals surface area contributed by atoms with Crippen LogP contribution in [0, 0.1) is 6.92 Å². The van der Waals surface area contributed by atoms with Crippen molar-refractivity contribution >= 4 is 17.3 Å². The van der Waals surface area contributed by atoms with Gasteiger partial charge in [0, 0.05) is 24.2 Å². The molecule has 1 aliphatic heterocycles. The Kier molecular flexibility index (Phi) is 4.33. The van der Waals surface area contributed by atoms with Crippen LogP contribution in [0.2, 0.25) is 0 Å². The van der Waals surface area contributed by atoms with Gasteiger partial charge in [0.2, 0.25) is 0 Å². The third-order valence-electron chi connectivity index (χ3n) is 3.90. The van der Waals surface area contributed by atoms with E-state index < -0.39 is 0 Å². The molecule has 1 fully saturated rings. The molecule has 0 amide bonds. The molecule has 2 rings (SSSR count). The average molecular weight is 252 g/mol. The number of benzene rings is 1. The molecule has 2 heteroatoms. The average Bonchev–Trinajstić information content (AvgIpc) is 2.38. The van der Waals surface area contributed by atoms with E-state index in [0.29, 0.717) is 5.88 Å². The summed E-state index contributed by atoms with van der Waals surface area (Å²) in [4.78, 5) is 2.58. The monoisotopic (exact) mass is 251 g/mol. The predicted molar refractivity (Wildman–Crippen MR) is 76.0 cm³/mol. The fourth-order valence-electron chi connectivity index (χ4n) is 2.77. The van der Waals surface area contributed by atoms with E-state index in [2.05, 4.69) is 36.9 Å². The highest BCUT2D eigenvalue weighted by Gasteiger charge is 2.21. The Morgan fingerprint density at radius 3 is 2.82 bits per heavy atom. The van der Waals surface area contributed by atoms with Crippen molar-refractivity contribution in [2.24, 2.45) is 0 Å². The van der Waals surface area contributed by atoms with Crippen LogP contribution in [0.15, 0.2) is 18.2 Å². The summed E-state index contributed by atoms with van der Waals surface area (Å²) >= 11 is 5.91. The van der Waals surface area contributed by atoms with Gasteiger partial charge in [0.25, 0.3) is 0 Å². The first kappa shape index (κ1) is 12.8. The van der Waals surface area contributed by atoms with Gasteiger partial charge in [-0.2, -0.15) is 0 Å². The van der Waals surface area contributed by atoms with Crippen LogP contribution in [0.3, 0.4) is 0 Å². The van der Waals surface area contributed by atoms with Crippen molar-refractivity contribution < 1.29 is 0 Å². The van der Waals surface area contributed by atoms with E-state index in [0.717, 1.165) is 6.04 Å². The number of halogens is 1. The minimum Gasteiger partial charge on any atom is -0.369 e. The molecule has 1 aromatic rings. The van der Waals surface area contributed by atoms with Crippen LogP contribution in [0.5, 0.6) is 0 Å². The summed E-state index contributed by atoms with van der Waals surface area (Å²) in [6.45, 7) is 5.66. The van der Waals surface area contributed by atoms with E-state index in [1.165, 1.54) is 49.0 Å². The molecule has 0 saturated carbocycles.